The standard InChI is InChI=1S/C11H11F3N4O2S/c1-5(2)4-21-8-7-16-17-10(11(12,13)14)18(7)6(3-15-8)9(19)20/h3,5H,4H2,1-2H3,(H,19,20). The van der Waals surface area contributed by atoms with Crippen molar-refractivity contribution in [3.63, 3.8) is 0 Å². The predicted octanol–water partition coefficient (Wildman–Crippen LogP) is 2.59. The van der Waals surface area contributed by atoms with Gasteiger partial charge in [0.25, 0.3) is 0 Å². The molecule has 0 aliphatic heterocycles. The molecular weight excluding hydrogens is 309 g/mol. The quantitative estimate of drug-likeness (QED) is 0.872. The van der Waals surface area contributed by atoms with E-state index in [-0.39, 0.29) is 10.7 Å². The minimum absolute atomic E-state index is 0.201. The number of carbonyl (C=O) groups is 1. The SMILES string of the molecule is CC(C)CSc1ncc(C(=O)O)n2c(C(F)(F)F)nnc12. The molecule has 0 radical (unpaired) electrons. The van der Waals surface area contributed by atoms with Crippen LogP contribution in [-0.2, 0) is 6.18 Å². The van der Waals surface area contributed by atoms with E-state index < -0.39 is 23.7 Å². The second kappa shape index (κ2) is 5.51. The fourth-order valence-corrected chi connectivity index (χ4v) is 2.45. The highest BCUT2D eigenvalue weighted by Gasteiger charge is 2.39. The van der Waals surface area contributed by atoms with E-state index >= 15 is 0 Å². The average molecular weight is 320 g/mol. The van der Waals surface area contributed by atoms with Crippen LogP contribution in [0.2, 0.25) is 0 Å². The lowest BCUT2D eigenvalue weighted by Gasteiger charge is -2.09. The Labute approximate surface area is 121 Å². The molecule has 0 aromatic carbocycles. The van der Waals surface area contributed by atoms with Gasteiger partial charge in [0.2, 0.25) is 5.82 Å². The molecule has 0 spiro atoms. The molecule has 0 amide bonds. The molecule has 0 bridgehead atoms. The second-order valence-corrected chi connectivity index (χ2v) is 5.65. The molecule has 2 rings (SSSR count). The van der Waals surface area contributed by atoms with E-state index in [4.69, 9.17) is 5.11 Å². The number of hydrogen-bond donors (Lipinski definition) is 1. The van der Waals surface area contributed by atoms with Crippen molar-refractivity contribution in [3.8, 4) is 0 Å². The van der Waals surface area contributed by atoms with Gasteiger partial charge in [0.15, 0.2) is 11.3 Å². The minimum Gasteiger partial charge on any atom is -0.477 e. The van der Waals surface area contributed by atoms with Crippen LogP contribution < -0.4 is 0 Å². The van der Waals surface area contributed by atoms with Gasteiger partial charge >= 0.3 is 12.1 Å². The third kappa shape index (κ3) is 3.09. The van der Waals surface area contributed by atoms with Gasteiger partial charge in [-0.1, -0.05) is 13.8 Å². The average Bonchev–Trinajstić information content (AvgIpc) is 2.79. The van der Waals surface area contributed by atoms with Crippen LogP contribution in [0.1, 0.15) is 30.2 Å². The number of carboxylic acids is 1. The highest BCUT2D eigenvalue weighted by atomic mass is 32.2. The number of hydrogen-bond acceptors (Lipinski definition) is 5. The Morgan fingerprint density at radius 1 is 1.43 bits per heavy atom. The van der Waals surface area contributed by atoms with E-state index in [1.807, 2.05) is 13.8 Å². The van der Waals surface area contributed by atoms with Crippen LogP contribution in [0.5, 0.6) is 0 Å². The topological polar surface area (TPSA) is 80.4 Å². The lowest BCUT2D eigenvalue weighted by Crippen LogP contribution is -2.16. The normalized spacial score (nSPS) is 12.3. The lowest BCUT2D eigenvalue weighted by molar-refractivity contribution is -0.145. The molecule has 21 heavy (non-hydrogen) atoms. The Morgan fingerprint density at radius 3 is 2.62 bits per heavy atom. The molecule has 0 fully saturated rings. The van der Waals surface area contributed by atoms with E-state index in [0.717, 1.165) is 6.20 Å². The Hall–Kier alpha value is -1.84. The maximum absolute atomic E-state index is 12.9. The van der Waals surface area contributed by atoms with Gasteiger partial charge in [-0.15, -0.1) is 22.0 Å². The van der Waals surface area contributed by atoms with Crippen LogP contribution in [0.4, 0.5) is 13.2 Å². The van der Waals surface area contributed by atoms with Crippen LogP contribution in [0, 0.1) is 5.92 Å². The zero-order valence-electron chi connectivity index (χ0n) is 11.0. The third-order valence-corrected chi connectivity index (χ3v) is 3.82. The van der Waals surface area contributed by atoms with Gasteiger partial charge in [-0.3, -0.25) is 4.40 Å². The van der Waals surface area contributed by atoms with Crippen molar-refractivity contribution >= 4 is 23.4 Å². The number of alkyl halides is 3. The molecule has 0 aliphatic carbocycles. The summed E-state index contributed by atoms with van der Waals surface area (Å²) in [7, 11) is 0. The number of aromatic carboxylic acids is 1. The number of thioether (sulfide) groups is 1. The first-order valence-corrected chi connectivity index (χ1v) is 6.87. The first-order valence-electron chi connectivity index (χ1n) is 5.89. The molecule has 114 valence electrons. The smallest absolute Gasteiger partial charge is 0.452 e. The Balaban J connectivity index is 2.64. The van der Waals surface area contributed by atoms with Crippen molar-refractivity contribution in [2.75, 3.05) is 5.75 Å². The largest absolute Gasteiger partial charge is 0.477 e. The van der Waals surface area contributed by atoms with Crippen molar-refractivity contribution in [1.29, 1.82) is 0 Å². The molecule has 0 aliphatic rings. The molecule has 2 heterocycles. The highest BCUT2D eigenvalue weighted by molar-refractivity contribution is 7.99. The monoisotopic (exact) mass is 320 g/mol. The Bertz CT molecular complexity index is 684. The van der Waals surface area contributed by atoms with Gasteiger partial charge < -0.3 is 5.11 Å². The van der Waals surface area contributed by atoms with Crippen molar-refractivity contribution in [1.82, 2.24) is 19.6 Å². The second-order valence-electron chi connectivity index (χ2n) is 4.64. The van der Waals surface area contributed by atoms with Crippen molar-refractivity contribution in [3.05, 3.63) is 17.7 Å². The van der Waals surface area contributed by atoms with Gasteiger partial charge in [-0.2, -0.15) is 13.2 Å². The molecule has 0 atom stereocenters. The van der Waals surface area contributed by atoms with Crippen LogP contribution >= 0.6 is 11.8 Å². The summed E-state index contributed by atoms with van der Waals surface area (Å²) in [6.45, 7) is 3.89. The Morgan fingerprint density at radius 2 is 2.10 bits per heavy atom. The molecule has 1 N–H and O–H groups in total. The van der Waals surface area contributed by atoms with E-state index in [2.05, 4.69) is 15.2 Å². The Kier molecular flexibility index (Phi) is 4.08. The zero-order chi connectivity index (χ0) is 15.8. The maximum Gasteiger partial charge on any atom is 0.452 e. The van der Waals surface area contributed by atoms with Gasteiger partial charge in [0, 0.05) is 5.75 Å². The number of nitrogens with zero attached hydrogens (tertiary/aromatic N) is 4. The minimum atomic E-state index is -4.80. The van der Waals surface area contributed by atoms with Gasteiger partial charge in [0.05, 0.1) is 6.20 Å². The fraction of sp³-hybridized carbons (Fsp3) is 0.455. The number of rotatable bonds is 4. The summed E-state index contributed by atoms with van der Waals surface area (Å²) in [6, 6.07) is 0. The summed E-state index contributed by atoms with van der Waals surface area (Å²) in [5, 5.41) is 15.8. The molecule has 2 aromatic heterocycles. The summed E-state index contributed by atoms with van der Waals surface area (Å²) in [5.74, 6) is -1.99. The molecule has 0 saturated carbocycles. The summed E-state index contributed by atoms with van der Waals surface area (Å²) in [6.07, 6.45) is -3.92. The van der Waals surface area contributed by atoms with Crippen molar-refractivity contribution in [2.45, 2.75) is 25.0 Å². The molecular formula is C11H11F3N4O2S. The molecule has 6 nitrogen and oxygen atoms in total. The van der Waals surface area contributed by atoms with E-state index in [1.165, 1.54) is 11.8 Å². The van der Waals surface area contributed by atoms with Crippen molar-refractivity contribution in [2.24, 2.45) is 5.92 Å². The van der Waals surface area contributed by atoms with Gasteiger partial charge in [0.1, 0.15) is 5.03 Å². The zero-order valence-corrected chi connectivity index (χ0v) is 11.9. The number of carboxylic acid groups (broad SMARTS) is 1. The highest BCUT2D eigenvalue weighted by Crippen LogP contribution is 2.31. The molecule has 0 unspecified atom stereocenters. The third-order valence-electron chi connectivity index (χ3n) is 2.43. The predicted molar refractivity (Wildman–Crippen MR) is 68.3 cm³/mol. The first-order chi connectivity index (χ1) is 9.71. The van der Waals surface area contributed by atoms with Gasteiger partial charge in [-0.05, 0) is 5.92 Å². The summed E-state index contributed by atoms with van der Waals surface area (Å²) in [4.78, 5) is 15.0. The summed E-state index contributed by atoms with van der Waals surface area (Å²) < 4.78 is 39.2. The number of fused-ring (bicyclic) bond motifs is 1. The lowest BCUT2D eigenvalue weighted by atomic mass is 10.3. The van der Waals surface area contributed by atoms with Crippen molar-refractivity contribution < 1.29 is 23.1 Å². The molecule has 2 aromatic rings. The summed E-state index contributed by atoms with van der Waals surface area (Å²) >= 11 is 1.21. The van der Waals surface area contributed by atoms with Crippen LogP contribution in [0.3, 0.4) is 0 Å². The molecule has 10 heteroatoms. The maximum atomic E-state index is 12.9. The van der Waals surface area contributed by atoms with E-state index in [9.17, 15) is 18.0 Å². The number of halogens is 3. The van der Waals surface area contributed by atoms with Crippen LogP contribution in [-0.4, -0.2) is 36.4 Å². The summed E-state index contributed by atoms with van der Waals surface area (Å²) in [5.41, 5.74) is -0.830. The number of aromatic nitrogens is 4. The van der Waals surface area contributed by atoms with E-state index in [0.29, 0.717) is 16.1 Å². The fourth-order valence-electron chi connectivity index (χ4n) is 1.57. The van der Waals surface area contributed by atoms with Crippen LogP contribution in [0.15, 0.2) is 11.2 Å². The van der Waals surface area contributed by atoms with Crippen LogP contribution in [0.25, 0.3) is 5.65 Å². The van der Waals surface area contributed by atoms with Gasteiger partial charge in [-0.25, -0.2) is 9.78 Å². The van der Waals surface area contributed by atoms with E-state index in [1.54, 1.807) is 0 Å². The first kappa shape index (κ1) is 15.5. The molecule has 0 saturated heterocycles.